The van der Waals surface area contributed by atoms with Gasteiger partial charge in [0.25, 0.3) is 0 Å². The van der Waals surface area contributed by atoms with E-state index in [0.717, 1.165) is 12.8 Å². The average Bonchev–Trinajstić information content (AvgIpc) is 3.35. The van der Waals surface area contributed by atoms with Gasteiger partial charge in [0.05, 0.1) is 18.2 Å². The van der Waals surface area contributed by atoms with Crippen LogP contribution in [0.2, 0.25) is 0 Å². The average molecular weight is 333 g/mol. The Morgan fingerprint density at radius 2 is 2.00 bits per heavy atom. The first-order valence-electron chi connectivity index (χ1n) is 9.31. The maximum absolute atomic E-state index is 12.6. The van der Waals surface area contributed by atoms with Crippen molar-refractivity contribution < 1.29 is 9.53 Å². The van der Waals surface area contributed by atoms with E-state index in [1.54, 1.807) is 6.33 Å². The Labute approximate surface area is 142 Å². The maximum atomic E-state index is 12.6. The molecule has 1 saturated heterocycles. The molecule has 7 heteroatoms. The molecule has 2 aliphatic carbocycles. The number of carbonyl (C=O) groups is 1. The van der Waals surface area contributed by atoms with Crippen molar-refractivity contribution in [1.82, 2.24) is 19.7 Å². The SMILES string of the molecule is C[C@H]1CN(C(=O)Nc2ncn(C3CCCCC3)n2)C[C@@H](C2CC2)O1. The van der Waals surface area contributed by atoms with Crippen LogP contribution in [0.1, 0.15) is 57.9 Å². The molecule has 0 aromatic carbocycles. The van der Waals surface area contributed by atoms with Crippen LogP contribution in [0.25, 0.3) is 0 Å². The summed E-state index contributed by atoms with van der Waals surface area (Å²) in [6.07, 6.45) is 10.6. The summed E-state index contributed by atoms with van der Waals surface area (Å²) in [5.74, 6) is 1.04. The summed E-state index contributed by atoms with van der Waals surface area (Å²) in [6.45, 7) is 3.33. The van der Waals surface area contributed by atoms with Crippen molar-refractivity contribution in [3.8, 4) is 0 Å². The van der Waals surface area contributed by atoms with Gasteiger partial charge < -0.3 is 9.64 Å². The van der Waals surface area contributed by atoms with Crippen LogP contribution in [0.4, 0.5) is 10.7 Å². The van der Waals surface area contributed by atoms with Gasteiger partial charge in [-0.05, 0) is 38.5 Å². The zero-order chi connectivity index (χ0) is 16.5. The normalized spacial score (nSPS) is 28.8. The van der Waals surface area contributed by atoms with Gasteiger partial charge in [-0.15, -0.1) is 5.10 Å². The number of nitrogens with zero attached hydrogens (tertiary/aromatic N) is 4. The van der Waals surface area contributed by atoms with E-state index in [4.69, 9.17) is 4.74 Å². The second kappa shape index (κ2) is 6.70. The van der Waals surface area contributed by atoms with Crippen molar-refractivity contribution in [2.24, 2.45) is 5.92 Å². The number of carbonyl (C=O) groups excluding carboxylic acids is 1. The Hall–Kier alpha value is -1.63. The number of morpholine rings is 1. The van der Waals surface area contributed by atoms with Crippen molar-refractivity contribution in [3.63, 3.8) is 0 Å². The first-order valence-corrected chi connectivity index (χ1v) is 9.31. The molecule has 1 N–H and O–H groups in total. The molecule has 4 rings (SSSR count). The molecule has 2 atom stereocenters. The lowest BCUT2D eigenvalue weighted by molar-refractivity contribution is -0.0718. The van der Waals surface area contributed by atoms with Crippen molar-refractivity contribution in [1.29, 1.82) is 0 Å². The molecule has 1 aromatic heterocycles. The monoisotopic (exact) mass is 333 g/mol. The van der Waals surface area contributed by atoms with Gasteiger partial charge in [0.2, 0.25) is 5.95 Å². The lowest BCUT2D eigenvalue weighted by Crippen LogP contribution is -2.51. The third kappa shape index (κ3) is 3.55. The fraction of sp³-hybridized carbons (Fsp3) is 0.824. The minimum absolute atomic E-state index is 0.0860. The van der Waals surface area contributed by atoms with Crippen LogP contribution < -0.4 is 5.32 Å². The van der Waals surface area contributed by atoms with Crippen LogP contribution in [-0.4, -0.2) is 51.0 Å². The minimum atomic E-state index is -0.114. The van der Waals surface area contributed by atoms with E-state index in [1.807, 2.05) is 16.5 Å². The number of rotatable bonds is 3. The molecule has 3 aliphatic rings. The van der Waals surface area contributed by atoms with Gasteiger partial charge in [0.15, 0.2) is 0 Å². The zero-order valence-electron chi connectivity index (χ0n) is 14.4. The molecule has 1 aromatic rings. The number of amides is 2. The molecule has 0 spiro atoms. The molecular formula is C17H27N5O2. The van der Waals surface area contributed by atoms with Crippen molar-refractivity contribution >= 4 is 12.0 Å². The van der Waals surface area contributed by atoms with E-state index in [0.29, 0.717) is 31.0 Å². The summed E-state index contributed by atoms with van der Waals surface area (Å²) in [5, 5.41) is 7.33. The van der Waals surface area contributed by atoms with Gasteiger partial charge in [-0.1, -0.05) is 19.3 Å². The molecule has 2 amide bonds. The fourth-order valence-corrected chi connectivity index (χ4v) is 3.91. The number of anilines is 1. The van der Waals surface area contributed by atoms with Gasteiger partial charge in [-0.25, -0.2) is 14.5 Å². The van der Waals surface area contributed by atoms with Crippen LogP contribution in [0.15, 0.2) is 6.33 Å². The molecule has 0 unspecified atom stereocenters. The Balaban J connectivity index is 1.36. The lowest BCUT2D eigenvalue weighted by Gasteiger charge is -2.36. The Morgan fingerprint density at radius 3 is 2.75 bits per heavy atom. The topological polar surface area (TPSA) is 72.3 Å². The van der Waals surface area contributed by atoms with E-state index in [2.05, 4.69) is 15.4 Å². The van der Waals surface area contributed by atoms with Gasteiger partial charge in [0.1, 0.15) is 6.33 Å². The molecule has 7 nitrogen and oxygen atoms in total. The highest BCUT2D eigenvalue weighted by molar-refractivity contribution is 5.87. The lowest BCUT2D eigenvalue weighted by atomic mass is 9.96. The summed E-state index contributed by atoms with van der Waals surface area (Å²) in [6, 6.07) is 0.316. The molecule has 0 bridgehead atoms. The highest BCUT2D eigenvalue weighted by atomic mass is 16.5. The third-order valence-electron chi connectivity index (χ3n) is 5.40. The number of aromatic nitrogens is 3. The molecule has 1 aliphatic heterocycles. The molecule has 3 fully saturated rings. The number of nitrogens with one attached hydrogen (secondary N) is 1. The largest absolute Gasteiger partial charge is 0.371 e. The quantitative estimate of drug-likeness (QED) is 0.923. The predicted octanol–water partition coefficient (Wildman–Crippen LogP) is 2.81. The zero-order valence-corrected chi connectivity index (χ0v) is 14.4. The Bertz CT molecular complexity index is 579. The third-order valence-corrected chi connectivity index (χ3v) is 5.40. The highest BCUT2D eigenvalue weighted by Crippen LogP contribution is 2.36. The highest BCUT2D eigenvalue weighted by Gasteiger charge is 2.38. The fourth-order valence-electron chi connectivity index (χ4n) is 3.91. The summed E-state index contributed by atoms with van der Waals surface area (Å²) in [7, 11) is 0. The molecule has 2 saturated carbocycles. The summed E-state index contributed by atoms with van der Waals surface area (Å²) >= 11 is 0. The smallest absolute Gasteiger partial charge is 0.324 e. The molecule has 0 radical (unpaired) electrons. The standard InChI is InChI=1S/C17H27N5O2/c1-12-9-21(10-15(24-12)13-7-8-13)17(23)19-16-18-11-22(20-16)14-5-3-2-4-6-14/h11-15H,2-10H2,1H3,(H,19,20,23)/t12-,15-/m0/s1. The van der Waals surface area contributed by atoms with Crippen molar-refractivity contribution in [2.45, 2.75) is 70.1 Å². The van der Waals surface area contributed by atoms with E-state index in [-0.39, 0.29) is 18.2 Å². The van der Waals surface area contributed by atoms with Gasteiger partial charge >= 0.3 is 6.03 Å². The number of ether oxygens (including phenoxy) is 1. The summed E-state index contributed by atoms with van der Waals surface area (Å²) in [4.78, 5) is 18.7. The van der Waals surface area contributed by atoms with Crippen LogP contribution >= 0.6 is 0 Å². The van der Waals surface area contributed by atoms with Gasteiger partial charge in [-0.3, -0.25) is 5.32 Å². The second-order valence-corrected chi connectivity index (χ2v) is 7.50. The van der Waals surface area contributed by atoms with E-state index in [1.165, 1.54) is 32.1 Å². The predicted molar refractivity (Wildman–Crippen MR) is 89.8 cm³/mol. The van der Waals surface area contributed by atoms with Gasteiger partial charge in [-0.2, -0.15) is 0 Å². The molecule has 132 valence electrons. The van der Waals surface area contributed by atoms with E-state index in [9.17, 15) is 4.79 Å². The maximum Gasteiger partial charge on any atom is 0.324 e. The van der Waals surface area contributed by atoms with Crippen LogP contribution in [0, 0.1) is 5.92 Å². The van der Waals surface area contributed by atoms with Crippen LogP contribution in [-0.2, 0) is 4.74 Å². The Morgan fingerprint density at radius 1 is 1.21 bits per heavy atom. The molecular weight excluding hydrogens is 306 g/mol. The second-order valence-electron chi connectivity index (χ2n) is 7.50. The first-order chi connectivity index (χ1) is 11.7. The first kappa shape index (κ1) is 15.9. The minimum Gasteiger partial charge on any atom is -0.371 e. The van der Waals surface area contributed by atoms with E-state index >= 15 is 0 Å². The summed E-state index contributed by atoms with van der Waals surface area (Å²) in [5.41, 5.74) is 0. The van der Waals surface area contributed by atoms with Gasteiger partial charge in [0, 0.05) is 13.1 Å². The Kier molecular flexibility index (Phi) is 4.43. The number of hydrogen-bond acceptors (Lipinski definition) is 4. The number of urea groups is 1. The van der Waals surface area contributed by atoms with Crippen LogP contribution in [0.5, 0.6) is 0 Å². The van der Waals surface area contributed by atoms with Crippen molar-refractivity contribution in [3.05, 3.63) is 6.33 Å². The molecule has 2 heterocycles. The molecule has 24 heavy (non-hydrogen) atoms. The van der Waals surface area contributed by atoms with Crippen molar-refractivity contribution in [2.75, 3.05) is 18.4 Å². The number of hydrogen-bond donors (Lipinski definition) is 1. The van der Waals surface area contributed by atoms with Crippen LogP contribution in [0.3, 0.4) is 0 Å². The van der Waals surface area contributed by atoms with E-state index < -0.39 is 0 Å². The summed E-state index contributed by atoms with van der Waals surface area (Å²) < 4.78 is 7.89.